The third-order valence-electron chi connectivity index (χ3n) is 5.80. The lowest BCUT2D eigenvalue weighted by molar-refractivity contribution is 0.403. The average Bonchev–Trinajstić information content (AvgIpc) is 3.31. The average molecular weight is 453 g/mol. The molecule has 0 fully saturated rings. The highest BCUT2D eigenvalue weighted by atomic mass is 32.2. The second-order valence-corrected chi connectivity index (χ2v) is 9.55. The Morgan fingerprint density at radius 3 is 2.72 bits per heavy atom. The Hall–Kier alpha value is -3.37. The molecule has 2 aromatic heterocycles. The number of hydrogen-bond acceptors (Lipinski definition) is 6. The first-order valence-corrected chi connectivity index (χ1v) is 11.4. The smallest absolute Gasteiger partial charge is 0.243 e. The van der Waals surface area contributed by atoms with Crippen LogP contribution < -0.4 is 4.74 Å². The summed E-state index contributed by atoms with van der Waals surface area (Å²) >= 11 is 0. The van der Waals surface area contributed by atoms with Gasteiger partial charge in [0.1, 0.15) is 17.1 Å². The number of fused-ring (bicyclic) bond motifs is 2. The number of nitrogens with zero attached hydrogens (tertiary/aromatic N) is 5. The van der Waals surface area contributed by atoms with Crippen molar-refractivity contribution in [2.45, 2.75) is 24.9 Å². The van der Waals surface area contributed by atoms with Gasteiger partial charge in [-0.2, -0.15) is 9.40 Å². The quantitative estimate of drug-likeness (QED) is 0.470. The molecule has 10 heteroatoms. The number of aromatic nitrogens is 4. The molecule has 0 saturated heterocycles. The fraction of sp³-hybridized carbons (Fsp3) is 0.227. The molecule has 164 valence electrons. The van der Waals surface area contributed by atoms with Crippen LogP contribution in [0.1, 0.15) is 12.5 Å². The Balaban J connectivity index is 1.71. The van der Waals surface area contributed by atoms with Crippen molar-refractivity contribution in [1.82, 2.24) is 24.1 Å². The zero-order chi connectivity index (χ0) is 22.6. The summed E-state index contributed by atoms with van der Waals surface area (Å²) in [4.78, 5) is 4.65. The molecule has 3 heterocycles. The van der Waals surface area contributed by atoms with E-state index >= 15 is 4.39 Å². The second-order valence-electron chi connectivity index (χ2n) is 7.54. The number of sulfonamides is 1. The molecule has 0 spiro atoms. The molecular formula is C22H20FN5O3S. The Labute approximate surface area is 184 Å². The van der Waals surface area contributed by atoms with Crippen molar-refractivity contribution in [2.24, 2.45) is 0 Å². The summed E-state index contributed by atoms with van der Waals surface area (Å²) in [7, 11) is -0.603. The first-order chi connectivity index (χ1) is 15.4. The van der Waals surface area contributed by atoms with E-state index in [1.165, 1.54) is 30.6 Å². The van der Waals surface area contributed by atoms with Crippen molar-refractivity contribution in [3.05, 3.63) is 54.2 Å². The topological polar surface area (TPSA) is 90.2 Å². The van der Waals surface area contributed by atoms with Crippen LogP contribution in [0.25, 0.3) is 33.4 Å². The maximum absolute atomic E-state index is 15.0. The van der Waals surface area contributed by atoms with Gasteiger partial charge in [-0.25, -0.2) is 17.8 Å². The maximum atomic E-state index is 15.0. The molecule has 0 radical (unpaired) electrons. The van der Waals surface area contributed by atoms with Gasteiger partial charge >= 0.3 is 0 Å². The molecule has 0 unspecified atom stereocenters. The largest absolute Gasteiger partial charge is 0.496 e. The fourth-order valence-corrected chi connectivity index (χ4v) is 5.48. The lowest BCUT2D eigenvalue weighted by atomic mass is 9.96. The minimum Gasteiger partial charge on any atom is -0.496 e. The van der Waals surface area contributed by atoms with E-state index in [1.54, 1.807) is 30.7 Å². The summed E-state index contributed by atoms with van der Waals surface area (Å²) in [6, 6.07) is 7.84. The lowest BCUT2D eigenvalue weighted by Gasteiger charge is -2.14. The molecule has 0 aliphatic carbocycles. The van der Waals surface area contributed by atoms with Gasteiger partial charge in [0.2, 0.25) is 10.0 Å². The highest BCUT2D eigenvalue weighted by Crippen LogP contribution is 2.43. The predicted molar refractivity (Wildman–Crippen MR) is 117 cm³/mol. The SMILES string of the molecule is CCn1cnc2c(-c3ccc(F)c(-c4ccc5c(c4OC)CN(C)S5(=O)=O)c3)cnnc21. The van der Waals surface area contributed by atoms with Crippen LogP contribution >= 0.6 is 0 Å². The van der Waals surface area contributed by atoms with E-state index in [-0.39, 0.29) is 11.4 Å². The molecule has 0 atom stereocenters. The van der Waals surface area contributed by atoms with Crippen LogP contribution in [0.4, 0.5) is 4.39 Å². The lowest BCUT2D eigenvalue weighted by Crippen LogP contribution is -2.18. The molecule has 1 aliphatic rings. The maximum Gasteiger partial charge on any atom is 0.243 e. The van der Waals surface area contributed by atoms with Gasteiger partial charge in [0, 0.05) is 42.4 Å². The van der Waals surface area contributed by atoms with Gasteiger partial charge in [0.15, 0.2) is 5.65 Å². The van der Waals surface area contributed by atoms with Gasteiger partial charge in [-0.1, -0.05) is 6.07 Å². The Morgan fingerprint density at radius 2 is 1.97 bits per heavy atom. The highest BCUT2D eigenvalue weighted by molar-refractivity contribution is 7.89. The van der Waals surface area contributed by atoms with Gasteiger partial charge in [-0.3, -0.25) is 0 Å². The van der Waals surface area contributed by atoms with Crippen LogP contribution in [0, 0.1) is 5.82 Å². The van der Waals surface area contributed by atoms with Crippen LogP contribution in [0.2, 0.25) is 0 Å². The molecule has 4 aromatic rings. The van der Waals surface area contributed by atoms with Gasteiger partial charge in [0.05, 0.1) is 24.5 Å². The molecule has 0 saturated carbocycles. The van der Waals surface area contributed by atoms with Crippen LogP contribution in [0.5, 0.6) is 5.75 Å². The van der Waals surface area contributed by atoms with Gasteiger partial charge in [-0.05, 0) is 36.8 Å². The predicted octanol–water partition coefficient (Wildman–Crippen LogP) is 3.46. The van der Waals surface area contributed by atoms with Gasteiger partial charge in [-0.15, -0.1) is 5.10 Å². The summed E-state index contributed by atoms with van der Waals surface area (Å²) in [5, 5.41) is 8.28. The standard InChI is InChI=1S/C22H20FN5O3S/c1-4-28-12-24-20-16(10-25-26-22(20)28)13-5-7-18(23)15(9-13)14-6-8-19-17(21(14)31-3)11-27(2)32(19,29)30/h5-10,12H,4,11H2,1-3H3. The number of hydrogen-bond donors (Lipinski definition) is 0. The molecule has 0 amide bonds. The molecular weight excluding hydrogens is 433 g/mol. The number of benzene rings is 2. The molecule has 8 nitrogen and oxygen atoms in total. The van der Waals surface area contributed by atoms with E-state index in [9.17, 15) is 8.42 Å². The number of halogens is 1. The molecule has 5 rings (SSSR count). The first-order valence-electron chi connectivity index (χ1n) is 9.99. The summed E-state index contributed by atoms with van der Waals surface area (Å²) in [5.74, 6) is -0.0988. The molecule has 32 heavy (non-hydrogen) atoms. The van der Waals surface area contributed by atoms with E-state index in [0.717, 1.165) is 11.1 Å². The number of imidazole rings is 1. The Morgan fingerprint density at radius 1 is 1.16 bits per heavy atom. The van der Waals surface area contributed by atoms with Crippen molar-refractivity contribution in [2.75, 3.05) is 14.2 Å². The van der Waals surface area contributed by atoms with E-state index < -0.39 is 15.8 Å². The van der Waals surface area contributed by atoms with E-state index in [0.29, 0.717) is 40.1 Å². The third kappa shape index (κ3) is 2.90. The van der Waals surface area contributed by atoms with E-state index in [4.69, 9.17) is 4.74 Å². The van der Waals surface area contributed by atoms with Crippen molar-refractivity contribution < 1.29 is 17.5 Å². The van der Waals surface area contributed by atoms with Gasteiger partial charge < -0.3 is 9.30 Å². The van der Waals surface area contributed by atoms with Crippen LogP contribution in [0.3, 0.4) is 0 Å². The Kier molecular flexibility index (Phi) is 4.72. The summed E-state index contributed by atoms with van der Waals surface area (Å²) in [5.41, 5.74) is 4.07. The number of aryl methyl sites for hydroxylation is 1. The van der Waals surface area contributed by atoms with Crippen molar-refractivity contribution in [1.29, 1.82) is 0 Å². The van der Waals surface area contributed by atoms with Crippen molar-refractivity contribution in [3.63, 3.8) is 0 Å². The zero-order valence-electron chi connectivity index (χ0n) is 17.7. The summed E-state index contributed by atoms with van der Waals surface area (Å²) in [6.45, 7) is 2.86. The van der Waals surface area contributed by atoms with Crippen LogP contribution in [0.15, 0.2) is 47.8 Å². The number of rotatable bonds is 4. The van der Waals surface area contributed by atoms with Gasteiger partial charge in [0.25, 0.3) is 0 Å². The highest BCUT2D eigenvalue weighted by Gasteiger charge is 2.35. The Bertz CT molecular complexity index is 1480. The molecule has 2 aromatic carbocycles. The van der Waals surface area contributed by atoms with E-state index in [2.05, 4.69) is 15.2 Å². The monoisotopic (exact) mass is 453 g/mol. The fourth-order valence-electron chi connectivity index (χ4n) is 4.14. The third-order valence-corrected chi connectivity index (χ3v) is 7.69. The van der Waals surface area contributed by atoms with E-state index in [1.807, 2.05) is 11.5 Å². The second kappa shape index (κ2) is 7.35. The van der Waals surface area contributed by atoms with Crippen molar-refractivity contribution in [3.8, 4) is 28.0 Å². The summed E-state index contributed by atoms with van der Waals surface area (Å²) < 4.78 is 48.8. The number of ether oxygens (including phenoxy) is 1. The minimum absolute atomic E-state index is 0.166. The van der Waals surface area contributed by atoms with Crippen LogP contribution in [-0.2, 0) is 23.1 Å². The molecule has 1 aliphatic heterocycles. The molecule has 0 N–H and O–H groups in total. The summed E-state index contributed by atoms with van der Waals surface area (Å²) in [6.07, 6.45) is 3.31. The first kappa shape index (κ1) is 20.5. The molecule has 0 bridgehead atoms. The number of methoxy groups -OCH3 is 1. The van der Waals surface area contributed by atoms with Crippen molar-refractivity contribution >= 4 is 21.2 Å². The normalized spacial score (nSPS) is 15.2. The zero-order valence-corrected chi connectivity index (χ0v) is 18.5. The minimum atomic E-state index is -3.57. The van der Waals surface area contributed by atoms with Crippen LogP contribution in [-0.4, -0.2) is 46.6 Å².